The highest BCUT2D eigenvalue weighted by atomic mass is 16.5. The molecular formula is C8H15NO3. The predicted molar refractivity (Wildman–Crippen MR) is 42.9 cm³/mol. The van der Waals surface area contributed by atoms with E-state index in [1.807, 2.05) is 0 Å². The maximum atomic E-state index is 8.88. The van der Waals surface area contributed by atoms with Gasteiger partial charge in [0.25, 0.3) is 0 Å². The molecule has 1 atom stereocenters. The van der Waals surface area contributed by atoms with Crippen molar-refractivity contribution in [3.8, 4) is 0 Å². The van der Waals surface area contributed by atoms with E-state index in [9.17, 15) is 0 Å². The SMILES string of the molecule is OC[C@@H]1CNCC2(COC2)CO1. The van der Waals surface area contributed by atoms with Crippen LogP contribution in [0, 0.1) is 5.41 Å². The predicted octanol–water partition coefficient (Wildman–Crippen LogP) is -1.02. The minimum Gasteiger partial charge on any atom is -0.394 e. The molecule has 2 saturated heterocycles. The third kappa shape index (κ3) is 1.47. The number of hydrogen-bond acceptors (Lipinski definition) is 4. The van der Waals surface area contributed by atoms with Crippen LogP contribution in [0.1, 0.15) is 0 Å². The highest BCUT2D eigenvalue weighted by Gasteiger charge is 2.40. The van der Waals surface area contributed by atoms with Crippen molar-refractivity contribution in [3.63, 3.8) is 0 Å². The van der Waals surface area contributed by atoms with E-state index in [-0.39, 0.29) is 18.1 Å². The van der Waals surface area contributed by atoms with Crippen LogP contribution in [0.25, 0.3) is 0 Å². The molecule has 4 nitrogen and oxygen atoms in total. The Hall–Kier alpha value is -0.160. The molecule has 70 valence electrons. The molecule has 2 heterocycles. The monoisotopic (exact) mass is 173 g/mol. The summed E-state index contributed by atoms with van der Waals surface area (Å²) in [6.07, 6.45) is -0.0371. The Morgan fingerprint density at radius 3 is 2.83 bits per heavy atom. The highest BCUT2D eigenvalue weighted by molar-refractivity contribution is 4.90. The van der Waals surface area contributed by atoms with E-state index in [0.29, 0.717) is 6.61 Å². The normalized spacial score (nSPS) is 34.2. The van der Waals surface area contributed by atoms with Gasteiger partial charge in [-0.2, -0.15) is 0 Å². The molecule has 2 rings (SSSR count). The summed E-state index contributed by atoms with van der Waals surface area (Å²) in [6.45, 7) is 4.09. The van der Waals surface area contributed by atoms with Crippen LogP contribution in [0.2, 0.25) is 0 Å². The summed E-state index contributed by atoms with van der Waals surface area (Å²) in [5, 5.41) is 12.2. The third-order valence-corrected chi connectivity index (χ3v) is 2.52. The maximum Gasteiger partial charge on any atom is 0.0930 e. The summed E-state index contributed by atoms with van der Waals surface area (Å²) in [4.78, 5) is 0. The second-order valence-electron chi connectivity index (χ2n) is 3.74. The first-order valence-corrected chi connectivity index (χ1v) is 4.36. The van der Waals surface area contributed by atoms with Crippen LogP contribution in [0.3, 0.4) is 0 Å². The van der Waals surface area contributed by atoms with Gasteiger partial charge in [0, 0.05) is 13.1 Å². The Kier molecular flexibility index (Phi) is 2.32. The molecule has 2 aliphatic rings. The zero-order valence-electron chi connectivity index (χ0n) is 7.08. The molecule has 2 aliphatic heterocycles. The number of ether oxygens (including phenoxy) is 2. The number of rotatable bonds is 1. The van der Waals surface area contributed by atoms with Gasteiger partial charge in [0.05, 0.1) is 37.9 Å². The van der Waals surface area contributed by atoms with Crippen molar-refractivity contribution in [1.82, 2.24) is 5.32 Å². The minimum absolute atomic E-state index is 0.0371. The average Bonchev–Trinajstić information content (AvgIpc) is 2.24. The molecule has 2 N–H and O–H groups in total. The molecule has 0 saturated carbocycles. The molecule has 0 aliphatic carbocycles. The summed E-state index contributed by atoms with van der Waals surface area (Å²) in [5.74, 6) is 0. The molecule has 0 bridgehead atoms. The van der Waals surface area contributed by atoms with Gasteiger partial charge >= 0.3 is 0 Å². The fourth-order valence-electron chi connectivity index (χ4n) is 1.60. The molecule has 0 aromatic heterocycles. The first-order chi connectivity index (χ1) is 5.85. The second-order valence-corrected chi connectivity index (χ2v) is 3.74. The Morgan fingerprint density at radius 1 is 1.42 bits per heavy atom. The smallest absolute Gasteiger partial charge is 0.0930 e. The molecule has 0 unspecified atom stereocenters. The van der Waals surface area contributed by atoms with Gasteiger partial charge in [-0.1, -0.05) is 0 Å². The molecule has 2 fully saturated rings. The van der Waals surface area contributed by atoms with Crippen LogP contribution in [0.5, 0.6) is 0 Å². The Labute approximate surface area is 71.9 Å². The van der Waals surface area contributed by atoms with Gasteiger partial charge < -0.3 is 19.9 Å². The van der Waals surface area contributed by atoms with Gasteiger partial charge in [-0.05, 0) is 0 Å². The summed E-state index contributed by atoms with van der Waals surface area (Å²) in [7, 11) is 0. The van der Waals surface area contributed by atoms with E-state index >= 15 is 0 Å². The van der Waals surface area contributed by atoms with Crippen LogP contribution in [-0.4, -0.2) is 50.7 Å². The lowest BCUT2D eigenvalue weighted by molar-refractivity contribution is -0.147. The number of nitrogens with one attached hydrogen (secondary N) is 1. The van der Waals surface area contributed by atoms with E-state index < -0.39 is 0 Å². The minimum atomic E-state index is -0.0371. The Morgan fingerprint density at radius 2 is 2.25 bits per heavy atom. The number of hydrogen-bond donors (Lipinski definition) is 2. The van der Waals surface area contributed by atoms with Gasteiger partial charge in [0.2, 0.25) is 0 Å². The number of aliphatic hydroxyl groups excluding tert-OH is 1. The summed E-state index contributed by atoms with van der Waals surface area (Å²) >= 11 is 0. The van der Waals surface area contributed by atoms with Gasteiger partial charge in [-0.25, -0.2) is 0 Å². The lowest BCUT2D eigenvalue weighted by Crippen LogP contribution is -2.51. The standard InChI is InChI=1S/C8H15NO3/c10-2-7-1-9-3-8(6-12-7)4-11-5-8/h7,9-10H,1-6H2/t7-/m0/s1. The molecule has 0 amide bonds. The summed E-state index contributed by atoms with van der Waals surface area (Å²) in [5.41, 5.74) is 0.198. The van der Waals surface area contributed by atoms with Crippen LogP contribution in [0.15, 0.2) is 0 Å². The van der Waals surface area contributed by atoms with E-state index in [2.05, 4.69) is 5.32 Å². The van der Waals surface area contributed by atoms with Crippen molar-refractivity contribution in [3.05, 3.63) is 0 Å². The van der Waals surface area contributed by atoms with Crippen molar-refractivity contribution < 1.29 is 14.6 Å². The largest absolute Gasteiger partial charge is 0.394 e. The van der Waals surface area contributed by atoms with Crippen LogP contribution in [-0.2, 0) is 9.47 Å². The first-order valence-electron chi connectivity index (χ1n) is 4.36. The van der Waals surface area contributed by atoms with Gasteiger partial charge in [-0.15, -0.1) is 0 Å². The summed E-state index contributed by atoms with van der Waals surface area (Å²) in [6, 6.07) is 0. The van der Waals surface area contributed by atoms with E-state index in [4.69, 9.17) is 14.6 Å². The van der Waals surface area contributed by atoms with Crippen molar-refractivity contribution in [1.29, 1.82) is 0 Å². The second kappa shape index (κ2) is 3.30. The van der Waals surface area contributed by atoms with E-state index in [1.54, 1.807) is 0 Å². The van der Waals surface area contributed by atoms with Crippen molar-refractivity contribution >= 4 is 0 Å². The first kappa shape index (κ1) is 8.44. The molecule has 0 radical (unpaired) electrons. The molecule has 1 spiro atoms. The zero-order chi connectivity index (χ0) is 8.44. The zero-order valence-corrected chi connectivity index (χ0v) is 7.08. The molecule has 12 heavy (non-hydrogen) atoms. The van der Waals surface area contributed by atoms with E-state index in [0.717, 1.165) is 26.3 Å². The Bertz CT molecular complexity index is 158. The molecule has 0 aromatic rings. The fraction of sp³-hybridized carbons (Fsp3) is 1.00. The molecule has 4 heteroatoms. The topological polar surface area (TPSA) is 50.7 Å². The van der Waals surface area contributed by atoms with Crippen LogP contribution < -0.4 is 5.32 Å². The van der Waals surface area contributed by atoms with Crippen LogP contribution >= 0.6 is 0 Å². The van der Waals surface area contributed by atoms with Gasteiger partial charge in [0.1, 0.15) is 0 Å². The van der Waals surface area contributed by atoms with E-state index in [1.165, 1.54) is 0 Å². The average molecular weight is 173 g/mol. The Balaban J connectivity index is 1.88. The lowest BCUT2D eigenvalue weighted by atomic mass is 9.87. The summed E-state index contributed by atoms with van der Waals surface area (Å²) < 4.78 is 10.7. The number of aliphatic hydroxyl groups is 1. The van der Waals surface area contributed by atoms with Crippen molar-refractivity contribution in [2.75, 3.05) is 39.5 Å². The van der Waals surface area contributed by atoms with Crippen molar-refractivity contribution in [2.45, 2.75) is 6.10 Å². The molecule has 0 aromatic carbocycles. The highest BCUT2D eigenvalue weighted by Crippen LogP contribution is 2.28. The fourth-order valence-corrected chi connectivity index (χ4v) is 1.60. The maximum absolute atomic E-state index is 8.88. The van der Waals surface area contributed by atoms with Crippen molar-refractivity contribution in [2.24, 2.45) is 5.41 Å². The van der Waals surface area contributed by atoms with Crippen LogP contribution in [0.4, 0.5) is 0 Å². The third-order valence-electron chi connectivity index (χ3n) is 2.52. The van der Waals surface area contributed by atoms with Gasteiger partial charge in [0.15, 0.2) is 0 Å². The lowest BCUT2D eigenvalue weighted by Gasteiger charge is -2.39. The van der Waals surface area contributed by atoms with Gasteiger partial charge in [-0.3, -0.25) is 0 Å². The molecular weight excluding hydrogens is 158 g/mol. The quantitative estimate of drug-likeness (QED) is 0.533.